The van der Waals surface area contributed by atoms with Gasteiger partial charge in [-0.1, -0.05) is 35.9 Å². The molecule has 32 heavy (non-hydrogen) atoms. The van der Waals surface area contributed by atoms with E-state index in [0.29, 0.717) is 13.1 Å². The monoisotopic (exact) mass is 436 g/mol. The van der Waals surface area contributed by atoms with Crippen molar-refractivity contribution >= 4 is 0 Å². The Labute approximate surface area is 191 Å². The van der Waals surface area contributed by atoms with E-state index in [1.54, 1.807) is 0 Å². The topological polar surface area (TPSA) is 105 Å². The maximum Gasteiger partial charge on any atom is 0.169 e. The molecule has 2 heterocycles. The summed E-state index contributed by atoms with van der Waals surface area (Å²) in [4.78, 5) is 5.56. The summed E-state index contributed by atoms with van der Waals surface area (Å²) in [6, 6.07) is 8.76. The highest BCUT2D eigenvalue weighted by Gasteiger charge is 2.06. The number of unbranched alkanes of at least 4 members (excludes halogenated alkanes) is 8. The molecule has 0 aliphatic carbocycles. The number of nitrogens with zero attached hydrogens (tertiary/aromatic N) is 8. The molecule has 0 radical (unpaired) electrons. The van der Waals surface area contributed by atoms with Crippen molar-refractivity contribution in [1.82, 2.24) is 0 Å². The first-order chi connectivity index (χ1) is 15.8. The first-order valence-electron chi connectivity index (χ1n) is 11.8. The fraction of sp³-hybridized carbons (Fsp3) is 0.583. The number of aryl methyl sites for hydroxylation is 2. The molecule has 170 valence electrons. The second kappa shape index (κ2) is 16.6. The predicted molar refractivity (Wildman–Crippen MR) is 126 cm³/mol. The number of pyridine rings is 2. The van der Waals surface area contributed by atoms with Crippen LogP contribution < -0.4 is 9.13 Å². The minimum absolute atomic E-state index is 0.619. The third kappa shape index (κ3) is 10.8. The number of hydrogen-bond acceptors (Lipinski definition) is 2. The summed E-state index contributed by atoms with van der Waals surface area (Å²) < 4.78 is 4.50. The van der Waals surface area contributed by atoms with Gasteiger partial charge in [0.1, 0.15) is 13.1 Å². The molecule has 0 fully saturated rings. The quantitative estimate of drug-likeness (QED) is 0.0893. The Hall–Kier alpha value is -3.08. The number of aromatic nitrogens is 2. The third-order valence-electron chi connectivity index (χ3n) is 5.59. The first-order valence-corrected chi connectivity index (χ1v) is 11.8. The van der Waals surface area contributed by atoms with Gasteiger partial charge in [0, 0.05) is 60.0 Å². The Morgan fingerprint density at radius 2 is 0.875 bits per heavy atom. The molecular weight excluding hydrogens is 400 g/mol. The van der Waals surface area contributed by atoms with Crippen LogP contribution in [0.4, 0.5) is 0 Å². The Balaban J connectivity index is 1.64. The van der Waals surface area contributed by atoms with Crippen molar-refractivity contribution in [2.45, 2.75) is 77.3 Å². The molecule has 0 saturated carbocycles. The van der Waals surface area contributed by atoms with Gasteiger partial charge >= 0.3 is 0 Å². The van der Waals surface area contributed by atoms with Crippen LogP contribution in [0.1, 0.15) is 64.2 Å². The summed E-state index contributed by atoms with van der Waals surface area (Å²) in [6.45, 7) is 3.31. The Bertz CT molecular complexity index is 777. The van der Waals surface area contributed by atoms with E-state index >= 15 is 0 Å². The van der Waals surface area contributed by atoms with Gasteiger partial charge in [0.15, 0.2) is 24.8 Å². The molecule has 2 aromatic heterocycles. The summed E-state index contributed by atoms with van der Waals surface area (Å²) in [5.74, 6) is 0. The van der Waals surface area contributed by atoms with Crippen LogP contribution in [0.3, 0.4) is 0 Å². The molecule has 8 nitrogen and oxygen atoms in total. The molecule has 0 N–H and O–H groups in total. The lowest BCUT2D eigenvalue weighted by Crippen LogP contribution is -2.33. The van der Waals surface area contributed by atoms with E-state index in [4.69, 9.17) is 11.1 Å². The molecular formula is C24H36N8+2. The first kappa shape index (κ1) is 25.2. The summed E-state index contributed by atoms with van der Waals surface area (Å²) in [5.41, 5.74) is 19.0. The maximum absolute atomic E-state index is 8.26. The smallest absolute Gasteiger partial charge is 0.169 e. The van der Waals surface area contributed by atoms with Gasteiger partial charge in [-0.3, -0.25) is 0 Å². The Kier molecular flexibility index (Phi) is 13.1. The highest BCUT2D eigenvalue weighted by atomic mass is 15.1. The van der Waals surface area contributed by atoms with Crippen LogP contribution >= 0.6 is 0 Å². The molecule has 2 aromatic rings. The zero-order valence-corrected chi connectivity index (χ0v) is 19.1. The average molecular weight is 437 g/mol. The second-order valence-corrected chi connectivity index (χ2v) is 8.09. The fourth-order valence-electron chi connectivity index (χ4n) is 3.70. The van der Waals surface area contributed by atoms with Crippen molar-refractivity contribution in [1.29, 1.82) is 0 Å². The zero-order chi connectivity index (χ0) is 22.7. The van der Waals surface area contributed by atoms with Crippen LogP contribution in [0.25, 0.3) is 32.0 Å². The molecule has 0 saturated heterocycles. The molecule has 0 aromatic carbocycles. The van der Waals surface area contributed by atoms with Crippen molar-refractivity contribution in [2.24, 2.45) is 10.2 Å². The second-order valence-electron chi connectivity index (χ2n) is 8.09. The van der Waals surface area contributed by atoms with Crippen LogP contribution in [0.15, 0.2) is 59.3 Å². The molecule has 8 heteroatoms. The van der Waals surface area contributed by atoms with Gasteiger partial charge in [0.05, 0.1) is 0 Å². The summed E-state index contributed by atoms with van der Waals surface area (Å²) in [5, 5.41) is 7.14. The van der Waals surface area contributed by atoms with Crippen LogP contribution in [0.5, 0.6) is 0 Å². The highest BCUT2D eigenvalue weighted by Crippen LogP contribution is 2.16. The third-order valence-corrected chi connectivity index (χ3v) is 5.59. The molecule has 0 unspecified atom stereocenters. The van der Waals surface area contributed by atoms with E-state index in [-0.39, 0.29) is 0 Å². The minimum atomic E-state index is 0.619. The molecule has 0 atom stereocenters. The molecule has 0 bridgehead atoms. The number of rotatable bonds is 17. The molecule has 0 spiro atoms. The van der Waals surface area contributed by atoms with E-state index < -0.39 is 0 Å². The maximum atomic E-state index is 8.26. The lowest BCUT2D eigenvalue weighted by Gasteiger charge is -2.02. The van der Waals surface area contributed by atoms with Crippen LogP contribution in [0.2, 0.25) is 0 Å². The van der Waals surface area contributed by atoms with Crippen LogP contribution in [0, 0.1) is 0 Å². The van der Waals surface area contributed by atoms with Crippen molar-refractivity contribution in [3.05, 3.63) is 69.9 Å². The SMILES string of the molecule is [N-]=[N+]=NCCCCCCC[n+]1ccc(-c2cc[n+](CCCCCCCN=[N+]=[N-])cc2)cc1. The Morgan fingerprint density at radius 1 is 0.531 bits per heavy atom. The minimum Gasteiger partial charge on any atom is -0.205 e. The summed E-state index contributed by atoms with van der Waals surface area (Å²) >= 11 is 0. The molecule has 0 aliphatic rings. The van der Waals surface area contributed by atoms with Gasteiger partial charge in [-0.2, -0.15) is 0 Å². The van der Waals surface area contributed by atoms with Crippen LogP contribution in [-0.2, 0) is 13.1 Å². The predicted octanol–water partition coefficient (Wildman–Crippen LogP) is 6.45. The van der Waals surface area contributed by atoms with E-state index in [1.165, 1.54) is 49.7 Å². The van der Waals surface area contributed by atoms with Gasteiger partial charge in [0.25, 0.3) is 0 Å². The molecule has 2 rings (SSSR count). The standard InChI is InChI=1S/C24H36N8/c25-29-27-15-7-3-1-5-9-17-31-19-11-23(12-20-31)24-13-21-32(22-14-24)18-10-6-2-4-8-16-28-30-26/h11-14,19-22H,1-10,15-18H2/q+2. The summed E-state index contributed by atoms with van der Waals surface area (Å²) in [7, 11) is 0. The van der Waals surface area contributed by atoms with Gasteiger partial charge in [0.2, 0.25) is 0 Å². The normalized spacial score (nSPS) is 10.4. The Morgan fingerprint density at radius 3 is 1.25 bits per heavy atom. The van der Waals surface area contributed by atoms with Gasteiger partial charge in [-0.05, 0) is 47.9 Å². The highest BCUT2D eigenvalue weighted by molar-refractivity contribution is 5.60. The van der Waals surface area contributed by atoms with Gasteiger partial charge < -0.3 is 0 Å². The van der Waals surface area contributed by atoms with Crippen molar-refractivity contribution in [3.8, 4) is 11.1 Å². The van der Waals surface area contributed by atoms with Crippen molar-refractivity contribution in [2.75, 3.05) is 13.1 Å². The van der Waals surface area contributed by atoms with E-state index in [9.17, 15) is 0 Å². The van der Waals surface area contributed by atoms with Crippen molar-refractivity contribution < 1.29 is 9.13 Å². The largest absolute Gasteiger partial charge is 0.205 e. The lowest BCUT2D eigenvalue weighted by atomic mass is 10.1. The van der Waals surface area contributed by atoms with E-state index in [2.05, 4.69) is 78.2 Å². The number of hydrogen-bond donors (Lipinski definition) is 0. The molecule has 0 amide bonds. The van der Waals surface area contributed by atoms with E-state index in [1.807, 2.05) is 0 Å². The fourth-order valence-corrected chi connectivity index (χ4v) is 3.70. The zero-order valence-electron chi connectivity index (χ0n) is 19.1. The van der Waals surface area contributed by atoms with Gasteiger partial charge in [-0.15, -0.1) is 0 Å². The molecule has 0 aliphatic heterocycles. The number of azide groups is 2. The lowest BCUT2D eigenvalue weighted by molar-refractivity contribution is -0.697. The average Bonchev–Trinajstić information content (AvgIpc) is 2.83. The van der Waals surface area contributed by atoms with Gasteiger partial charge in [-0.25, -0.2) is 9.13 Å². The van der Waals surface area contributed by atoms with Crippen molar-refractivity contribution in [3.63, 3.8) is 0 Å². The van der Waals surface area contributed by atoms with Crippen LogP contribution in [-0.4, -0.2) is 13.1 Å². The summed E-state index contributed by atoms with van der Waals surface area (Å²) in [6.07, 6.45) is 20.1. The van der Waals surface area contributed by atoms with E-state index in [0.717, 1.165) is 38.8 Å².